The summed E-state index contributed by atoms with van der Waals surface area (Å²) in [7, 11) is 0. The first-order valence-corrected chi connectivity index (χ1v) is 6.70. The van der Waals surface area contributed by atoms with E-state index in [-0.39, 0.29) is 17.6 Å². The van der Waals surface area contributed by atoms with Gasteiger partial charge >= 0.3 is 5.97 Å². The number of nitrogens with one attached hydrogen (secondary N) is 1. The number of aliphatic hydroxyl groups excluding tert-OH is 1. The second kappa shape index (κ2) is 6.02. The van der Waals surface area contributed by atoms with Gasteiger partial charge in [0.2, 0.25) is 0 Å². The molecule has 1 heterocycles. The third kappa shape index (κ3) is 3.23. The summed E-state index contributed by atoms with van der Waals surface area (Å²) in [5, 5.41) is 21.8. The summed E-state index contributed by atoms with van der Waals surface area (Å²) in [5.74, 6) is -0.606. The SMILES string of the molecule is O=C(O)c1cccnc1NCC1(CO)CCCCC1. The van der Waals surface area contributed by atoms with Gasteiger partial charge in [-0.1, -0.05) is 19.3 Å². The third-order valence-corrected chi connectivity index (χ3v) is 3.92. The van der Waals surface area contributed by atoms with E-state index in [0.29, 0.717) is 12.4 Å². The van der Waals surface area contributed by atoms with Crippen molar-refractivity contribution in [2.24, 2.45) is 5.41 Å². The van der Waals surface area contributed by atoms with Crippen LogP contribution in [-0.4, -0.2) is 34.3 Å². The summed E-state index contributed by atoms with van der Waals surface area (Å²) in [6, 6.07) is 3.14. The topological polar surface area (TPSA) is 82.5 Å². The van der Waals surface area contributed by atoms with E-state index in [1.807, 2.05) is 0 Å². The number of aliphatic hydroxyl groups is 1. The first-order chi connectivity index (χ1) is 9.17. The Morgan fingerprint density at radius 3 is 2.74 bits per heavy atom. The number of hydrogen-bond acceptors (Lipinski definition) is 4. The number of nitrogens with zero attached hydrogens (tertiary/aromatic N) is 1. The number of rotatable bonds is 5. The van der Waals surface area contributed by atoms with Gasteiger partial charge in [-0.3, -0.25) is 0 Å². The van der Waals surface area contributed by atoms with Crippen LogP contribution in [-0.2, 0) is 0 Å². The van der Waals surface area contributed by atoms with Crippen molar-refractivity contribution < 1.29 is 15.0 Å². The number of aromatic carboxylic acids is 1. The molecule has 0 saturated heterocycles. The van der Waals surface area contributed by atoms with Gasteiger partial charge in [-0.2, -0.15) is 0 Å². The number of aromatic nitrogens is 1. The van der Waals surface area contributed by atoms with Gasteiger partial charge in [-0.25, -0.2) is 9.78 Å². The van der Waals surface area contributed by atoms with Crippen LogP contribution in [0.5, 0.6) is 0 Å². The molecule has 0 spiro atoms. The molecule has 2 rings (SSSR count). The molecule has 3 N–H and O–H groups in total. The number of carboxylic acids is 1. The Morgan fingerprint density at radius 2 is 2.11 bits per heavy atom. The Bertz CT molecular complexity index is 442. The average molecular weight is 264 g/mol. The van der Waals surface area contributed by atoms with Crippen LogP contribution in [0.15, 0.2) is 18.3 Å². The molecule has 1 saturated carbocycles. The highest BCUT2D eigenvalue weighted by Gasteiger charge is 2.31. The van der Waals surface area contributed by atoms with Gasteiger partial charge < -0.3 is 15.5 Å². The van der Waals surface area contributed by atoms with Crippen LogP contribution < -0.4 is 5.32 Å². The molecule has 104 valence electrons. The van der Waals surface area contributed by atoms with Gasteiger partial charge in [0.15, 0.2) is 0 Å². The van der Waals surface area contributed by atoms with Gasteiger partial charge in [-0.15, -0.1) is 0 Å². The number of carbonyl (C=O) groups is 1. The molecule has 0 bridgehead atoms. The van der Waals surface area contributed by atoms with Crippen molar-refractivity contribution in [2.45, 2.75) is 32.1 Å². The first-order valence-electron chi connectivity index (χ1n) is 6.70. The molecular formula is C14H20N2O3. The van der Waals surface area contributed by atoms with E-state index in [0.717, 1.165) is 25.7 Å². The van der Waals surface area contributed by atoms with E-state index in [2.05, 4.69) is 10.3 Å². The average Bonchev–Trinajstić information content (AvgIpc) is 2.46. The van der Waals surface area contributed by atoms with Crippen LogP contribution in [0.1, 0.15) is 42.5 Å². The molecular weight excluding hydrogens is 244 g/mol. The third-order valence-electron chi connectivity index (χ3n) is 3.92. The number of hydrogen-bond donors (Lipinski definition) is 3. The molecule has 1 fully saturated rings. The fourth-order valence-electron chi connectivity index (χ4n) is 2.68. The minimum absolute atomic E-state index is 0.133. The molecule has 19 heavy (non-hydrogen) atoms. The molecule has 5 heteroatoms. The maximum absolute atomic E-state index is 11.1. The van der Waals surface area contributed by atoms with E-state index in [4.69, 9.17) is 5.11 Å². The zero-order chi connectivity index (χ0) is 13.7. The van der Waals surface area contributed by atoms with Crippen molar-refractivity contribution >= 4 is 11.8 Å². The highest BCUT2D eigenvalue weighted by Crippen LogP contribution is 2.36. The molecule has 0 aliphatic heterocycles. The summed E-state index contributed by atoms with van der Waals surface area (Å²) in [6.07, 6.45) is 6.98. The van der Waals surface area contributed by atoms with E-state index in [1.165, 1.54) is 12.5 Å². The number of anilines is 1. The smallest absolute Gasteiger partial charge is 0.339 e. The van der Waals surface area contributed by atoms with E-state index < -0.39 is 5.97 Å². The van der Waals surface area contributed by atoms with Gasteiger partial charge in [0.1, 0.15) is 11.4 Å². The minimum atomic E-state index is -0.989. The summed E-state index contributed by atoms with van der Waals surface area (Å²) in [5.41, 5.74) is 0.0392. The zero-order valence-electron chi connectivity index (χ0n) is 10.9. The second-order valence-electron chi connectivity index (χ2n) is 5.28. The highest BCUT2D eigenvalue weighted by molar-refractivity contribution is 5.92. The highest BCUT2D eigenvalue weighted by atomic mass is 16.4. The summed E-state index contributed by atoms with van der Waals surface area (Å²) < 4.78 is 0. The molecule has 1 aliphatic carbocycles. The Labute approximate surface area is 112 Å². The lowest BCUT2D eigenvalue weighted by molar-refractivity contribution is 0.0697. The standard InChI is InChI=1S/C14H20N2O3/c17-10-14(6-2-1-3-7-14)9-16-12-11(13(18)19)5-4-8-15-12/h4-5,8,17H,1-3,6-7,9-10H2,(H,15,16)(H,18,19). The first kappa shape index (κ1) is 13.8. The molecule has 0 radical (unpaired) electrons. The minimum Gasteiger partial charge on any atom is -0.478 e. The molecule has 1 aromatic heterocycles. The fraction of sp³-hybridized carbons (Fsp3) is 0.571. The molecule has 0 aromatic carbocycles. The van der Waals surface area contributed by atoms with Crippen molar-refractivity contribution in [3.63, 3.8) is 0 Å². The predicted molar refractivity (Wildman–Crippen MR) is 72.3 cm³/mol. The fourth-order valence-corrected chi connectivity index (χ4v) is 2.68. The van der Waals surface area contributed by atoms with Crippen molar-refractivity contribution in [1.29, 1.82) is 0 Å². The van der Waals surface area contributed by atoms with E-state index in [1.54, 1.807) is 12.3 Å². The van der Waals surface area contributed by atoms with Crippen LogP contribution in [0.2, 0.25) is 0 Å². The summed E-state index contributed by atoms with van der Waals surface area (Å²) in [6.45, 7) is 0.704. The quantitative estimate of drug-likeness (QED) is 0.759. The van der Waals surface area contributed by atoms with E-state index >= 15 is 0 Å². The Balaban J connectivity index is 2.07. The van der Waals surface area contributed by atoms with Gasteiger partial charge in [0, 0.05) is 18.2 Å². The molecule has 0 unspecified atom stereocenters. The second-order valence-corrected chi connectivity index (χ2v) is 5.28. The molecule has 1 aliphatic rings. The van der Waals surface area contributed by atoms with Gasteiger partial charge in [0.05, 0.1) is 6.61 Å². The van der Waals surface area contributed by atoms with Crippen LogP contribution in [0.4, 0.5) is 5.82 Å². The molecule has 1 aromatic rings. The predicted octanol–water partition coefficient (Wildman–Crippen LogP) is 2.13. The molecule has 0 atom stereocenters. The summed E-state index contributed by atoms with van der Waals surface area (Å²) in [4.78, 5) is 15.2. The van der Waals surface area contributed by atoms with Crippen LogP contribution in [0.3, 0.4) is 0 Å². The van der Waals surface area contributed by atoms with Crippen LogP contribution in [0.25, 0.3) is 0 Å². The maximum Gasteiger partial charge on any atom is 0.339 e. The van der Waals surface area contributed by atoms with Crippen LogP contribution in [0, 0.1) is 5.41 Å². The number of carboxylic acid groups (broad SMARTS) is 1. The van der Waals surface area contributed by atoms with Gasteiger partial charge in [-0.05, 0) is 25.0 Å². The zero-order valence-corrected chi connectivity index (χ0v) is 10.9. The van der Waals surface area contributed by atoms with Gasteiger partial charge in [0.25, 0.3) is 0 Å². The van der Waals surface area contributed by atoms with E-state index in [9.17, 15) is 9.90 Å². The lowest BCUT2D eigenvalue weighted by Crippen LogP contribution is -2.36. The Kier molecular flexibility index (Phi) is 4.37. The lowest BCUT2D eigenvalue weighted by atomic mass is 9.74. The normalized spacial score (nSPS) is 17.9. The van der Waals surface area contributed by atoms with Crippen LogP contribution >= 0.6 is 0 Å². The van der Waals surface area contributed by atoms with Crippen molar-refractivity contribution in [2.75, 3.05) is 18.5 Å². The largest absolute Gasteiger partial charge is 0.478 e. The van der Waals surface area contributed by atoms with Crippen molar-refractivity contribution in [3.05, 3.63) is 23.9 Å². The summed E-state index contributed by atoms with van der Waals surface area (Å²) >= 11 is 0. The Hall–Kier alpha value is -1.62. The maximum atomic E-state index is 11.1. The lowest BCUT2D eigenvalue weighted by Gasteiger charge is -2.35. The monoisotopic (exact) mass is 264 g/mol. The Morgan fingerprint density at radius 1 is 1.37 bits per heavy atom. The molecule has 0 amide bonds. The van der Waals surface area contributed by atoms with Crippen molar-refractivity contribution in [1.82, 2.24) is 4.98 Å². The number of pyridine rings is 1. The van der Waals surface area contributed by atoms with Crippen molar-refractivity contribution in [3.8, 4) is 0 Å². The molecule has 5 nitrogen and oxygen atoms in total.